The Balaban J connectivity index is 2.66. The molecule has 0 bridgehead atoms. The lowest BCUT2D eigenvalue weighted by molar-refractivity contribution is 0.385. The summed E-state index contributed by atoms with van der Waals surface area (Å²) in [7, 11) is 1.61. The zero-order chi connectivity index (χ0) is 13.4. The molecule has 18 heavy (non-hydrogen) atoms. The number of aromatic nitrogens is 2. The molecule has 1 aromatic rings. The molecule has 0 fully saturated rings. The van der Waals surface area contributed by atoms with E-state index in [9.17, 15) is 0 Å². The second kappa shape index (κ2) is 8.03. The molecule has 102 valence electrons. The molecule has 4 nitrogen and oxygen atoms in total. The Labute approximate surface area is 110 Å². The normalized spacial score (nSPS) is 12.7. The predicted octanol–water partition coefficient (Wildman–Crippen LogP) is 2.96. The molecule has 1 N–H and O–H groups in total. The van der Waals surface area contributed by atoms with E-state index in [1.807, 2.05) is 12.1 Å². The fourth-order valence-electron chi connectivity index (χ4n) is 1.80. The van der Waals surface area contributed by atoms with Crippen molar-refractivity contribution in [2.75, 3.05) is 13.7 Å². The van der Waals surface area contributed by atoms with Crippen LogP contribution >= 0.6 is 0 Å². The van der Waals surface area contributed by atoms with Gasteiger partial charge in [0.05, 0.1) is 18.8 Å². The SMILES string of the molecule is CCCNC(CCC(C)C)c1ccc(OC)nn1. The van der Waals surface area contributed by atoms with Crippen LogP contribution < -0.4 is 10.1 Å². The summed E-state index contributed by atoms with van der Waals surface area (Å²) in [4.78, 5) is 0. The first-order valence-electron chi connectivity index (χ1n) is 6.78. The molecule has 1 heterocycles. The van der Waals surface area contributed by atoms with E-state index in [-0.39, 0.29) is 0 Å². The van der Waals surface area contributed by atoms with Gasteiger partial charge < -0.3 is 10.1 Å². The van der Waals surface area contributed by atoms with E-state index in [0.717, 1.165) is 25.1 Å². The van der Waals surface area contributed by atoms with Gasteiger partial charge in [-0.1, -0.05) is 20.8 Å². The standard InChI is InChI=1S/C14H25N3O/c1-5-10-15-12(7-6-11(2)3)13-8-9-14(18-4)17-16-13/h8-9,11-12,15H,5-7,10H2,1-4H3. The van der Waals surface area contributed by atoms with Gasteiger partial charge in [-0.25, -0.2) is 0 Å². The summed E-state index contributed by atoms with van der Waals surface area (Å²) in [5, 5.41) is 11.8. The first-order chi connectivity index (χ1) is 8.67. The number of ether oxygens (including phenoxy) is 1. The number of nitrogens with zero attached hydrogens (tertiary/aromatic N) is 2. The minimum Gasteiger partial charge on any atom is -0.480 e. The minimum atomic E-state index is 0.297. The highest BCUT2D eigenvalue weighted by molar-refractivity contribution is 5.14. The molecule has 4 heteroatoms. The van der Waals surface area contributed by atoms with Crippen LogP contribution in [-0.4, -0.2) is 23.9 Å². The van der Waals surface area contributed by atoms with Crippen LogP contribution in [0.1, 0.15) is 51.8 Å². The molecule has 0 aliphatic heterocycles. The number of hydrogen-bond acceptors (Lipinski definition) is 4. The van der Waals surface area contributed by atoms with E-state index in [0.29, 0.717) is 17.8 Å². The highest BCUT2D eigenvalue weighted by Gasteiger charge is 2.13. The molecule has 0 radical (unpaired) electrons. The minimum absolute atomic E-state index is 0.297. The zero-order valence-electron chi connectivity index (χ0n) is 11.9. The molecule has 0 saturated carbocycles. The average molecular weight is 251 g/mol. The molecule has 0 amide bonds. The highest BCUT2D eigenvalue weighted by Crippen LogP contribution is 2.20. The van der Waals surface area contributed by atoms with Crippen LogP contribution in [0, 0.1) is 5.92 Å². The number of methoxy groups -OCH3 is 1. The van der Waals surface area contributed by atoms with Gasteiger partial charge in [-0.15, -0.1) is 5.10 Å². The Bertz CT molecular complexity index is 324. The van der Waals surface area contributed by atoms with Crippen LogP contribution in [0.2, 0.25) is 0 Å². The maximum atomic E-state index is 5.03. The van der Waals surface area contributed by atoms with Crippen molar-refractivity contribution >= 4 is 0 Å². The van der Waals surface area contributed by atoms with Gasteiger partial charge in [-0.05, 0) is 37.8 Å². The van der Waals surface area contributed by atoms with Gasteiger partial charge in [-0.2, -0.15) is 5.10 Å². The van der Waals surface area contributed by atoms with E-state index >= 15 is 0 Å². The van der Waals surface area contributed by atoms with Gasteiger partial charge in [0, 0.05) is 6.07 Å². The van der Waals surface area contributed by atoms with E-state index in [4.69, 9.17) is 4.74 Å². The third-order valence-corrected chi connectivity index (χ3v) is 2.90. The van der Waals surface area contributed by atoms with Crippen molar-refractivity contribution in [2.45, 2.75) is 46.1 Å². The Hall–Kier alpha value is -1.16. The monoisotopic (exact) mass is 251 g/mol. The summed E-state index contributed by atoms with van der Waals surface area (Å²) in [6.07, 6.45) is 3.41. The first kappa shape index (κ1) is 14.9. The van der Waals surface area contributed by atoms with Gasteiger partial charge in [0.2, 0.25) is 5.88 Å². The molecule has 0 saturated heterocycles. The largest absolute Gasteiger partial charge is 0.480 e. The van der Waals surface area contributed by atoms with Crippen molar-refractivity contribution in [3.8, 4) is 5.88 Å². The van der Waals surface area contributed by atoms with Gasteiger partial charge in [0.15, 0.2) is 0 Å². The number of rotatable bonds is 8. The summed E-state index contributed by atoms with van der Waals surface area (Å²) >= 11 is 0. The molecule has 0 aromatic carbocycles. The van der Waals surface area contributed by atoms with E-state index in [1.54, 1.807) is 7.11 Å². The summed E-state index contributed by atoms with van der Waals surface area (Å²) in [6.45, 7) is 7.68. The van der Waals surface area contributed by atoms with Crippen molar-refractivity contribution < 1.29 is 4.74 Å². The molecule has 0 aliphatic rings. The van der Waals surface area contributed by atoms with Gasteiger partial charge in [0.1, 0.15) is 0 Å². The van der Waals surface area contributed by atoms with Crippen LogP contribution in [0.4, 0.5) is 0 Å². The van der Waals surface area contributed by atoms with E-state index in [1.165, 1.54) is 6.42 Å². The molecule has 1 aromatic heterocycles. The molecule has 1 unspecified atom stereocenters. The molecule has 0 spiro atoms. The van der Waals surface area contributed by atoms with Gasteiger partial charge >= 0.3 is 0 Å². The number of hydrogen-bond donors (Lipinski definition) is 1. The second-order valence-electron chi connectivity index (χ2n) is 4.98. The topological polar surface area (TPSA) is 47.0 Å². The third kappa shape index (κ3) is 5.00. The Morgan fingerprint density at radius 2 is 2.00 bits per heavy atom. The Kier molecular flexibility index (Phi) is 6.65. The zero-order valence-corrected chi connectivity index (χ0v) is 11.9. The van der Waals surface area contributed by atoms with Crippen LogP contribution in [0.5, 0.6) is 5.88 Å². The van der Waals surface area contributed by atoms with Crippen molar-refractivity contribution in [2.24, 2.45) is 5.92 Å². The fraction of sp³-hybridized carbons (Fsp3) is 0.714. The molecule has 1 atom stereocenters. The second-order valence-corrected chi connectivity index (χ2v) is 4.98. The lowest BCUT2D eigenvalue weighted by atomic mass is 10.0. The van der Waals surface area contributed by atoms with Crippen LogP contribution in [0.25, 0.3) is 0 Å². The average Bonchev–Trinajstić information content (AvgIpc) is 2.39. The molecular weight excluding hydrogens is 226 g/mol. The maximum absolute atomic E-state index is 5.03. The van der Waals surface area contributed by atoms with Crippen LogP contribution in [0.15, 0.2) is 12.1 Å². The summed E-state index contributed by atoms with van der Waals surface area (Å²) in [6, 6.07) is 4.17. The van der Waals surface area contributed by atoms with Crippen molar-refractivity contribution in [1.29, 1.82) is 0 Å². The van der Waals surface area contributed by atoms with Crippen LogP contribution in [0.3, 0.4) is 0 Å². The lowest BCUT2D eigenvalue weighted by Gasteiger charge is -2.18. The first-order valence-corrected chi connectivity index (χ1v) is 6.78. The maximum Gasteiger partial charge on any atom is 0.233 e. The fourth-order valence-corrected chi connectivity index (χ4v) is 1.80. The summed E-state index contributed by atoms with van der Waals surface area (Å²) in [5.74, 6) is 1.28. The van der Waals surface area contributed by atoms with Crippen molar-refractivity contribution in [3.63, 3.8) is 0 Å². The Morgan fingerprint density at radius 1 is 1.22 bits per heavy atom. The molecular formula is C14H25N3O. The van der Waals surface area contributed by atoms with E-state index in [2.05, 4.69) is 36.3 Å². The van der Waals surface area contributed by atoms with Gasteiger partial charge in [0.25, 0.3) is 0 Å². The quantitative estimate of drug-likeness (QED) is 0.771. The van der Waals surface area contributed by atoms with Crippen molar-refractivity contribution in [1.82, 2.24) is 15.5 Å². The predicted molar refractivity (Wildman–Crippen MR) is 73.7 cm³/mol. The summed E-state index contributed by atoms with van der Waals surface area (Å²) < 4.78 is 5.03. The smallest absolute Gasteiger partial charge is 0.233 e. The number of nitrogens with one attached hydrogen (secondary N) is 1. The molecule has 0 aliphatic carbocycles. The van der Waals surface area contributed by atoms with Crippen molar-refractivity contribution in [3.05, 3.63) is 17.8 Å². The third-order valence-electron chi connectivity index (χ3n) is 2.90. The van der Waals surface area contributed by atoms with Crippen LogP contribution in [-0.2, 0) is 0 Å². The van der Waals surface area contributed by atoms with E-state index < -0.39 is 0 Å². The summed E-state index contributed by atoms with van der Waals surface area (Å²) in [5.41, 5.74) is 1.00. The Morgan fingerprint density at radius 3 is 2.50 bits per heavy atom. The van der Waals surface area contributed by atoms with Gasteiger partial charge in [-0.3, -0.25) is 0 Å². The molecule has 1 rings (SSSR count). The highest BCUT2D eigenvalue weighted by atomic mass is 16.5. The lowest BCUT2D eigenvalue weighted by Crippen LogP contribution is -2.23.